The summed E-state index contributed by atoms with van der Waals surface area (Å²) in [6.07, 6.45) is -2.93. The largest absolute Gasteiger partial charge is 0.433 e. The predicted molar refractivity (Wildman–Crippen MR) is 107 cm³/mol. The Kier molecular flexibility index (Phi) is 4.49. The number of hydrogen-bond donors (Lipinski definition) is 2. The first-order valence-corrected chi connectivity index (χ1v) is 9.92. The van der Waals surface area contributed by atoms with Gasteiger partial charge in [0.2, 0.25) is 0 Å². The molecule has 0 spiro atoms. The van der Waals surface area contributed by atoms with Crippen molar-refractivity contribution in [3.05, 3.63) is 65.4 Å². The number of hydrogen-bond acceptors (Lipinski definition) is 2. The topological polar surface area (TPSA) is 64.8 Å². The third-order valence-corrected chi connectivity index (χ3v) is 5.75. The molecule has 5 nitrogen and oxygen atoms in total. The highest BCUT2D eigenvalue weighted by Crippen LogP contribution is 2.32. The Hall–Kier alpha value is -3.36. The number of piperidine rings is 1. The third kappa shape index (κ3) is 3.64. The molecule has 160 valence electrons. The molecule has 1 aliphatic heterocycles. The van der Waals surface area contributed by atoms with E-state index < -0.39 is 11.9 Å². The first-order valence-electron chi connectivity index (χ1n) is 9.92. The second-order valence-electron chi connectivity index (χ2n) is 7.86. The second-order valence-corrected chi connectivity index (χ2v) is 7.86. The van der Waals surface area contributed by atoms with Gasteiger partial charge in [0.25, 0.3) is 5.91 Å². The number of alkyl halides is 3. The van der Waals surface area contributed by atoms with Crippen LogP contribution in [0, 0.1) is 5.82 Å². The first-order chi connectivity index (χ1) is 14.8. The summed E-state index contributed by atoms with van der Waals surface area (Å²) in [7, 11) is 0. The van der Waals surface area contributed by atoms with Crippen LogP contribution in [0.4, 0.5) is 17.6 Å². The maximum Gasteiger partial charge on any atom is 0.433 e. The normalized spacial score (nSPS) is 17.5. The number of aromatic nitrogens is 3. The average molecular weight is 430 g/mol. The minimum atomic E-state index is -4.50. The molecule has 9 heteroatoms. The number of nitrogens with one attached hydrogen (secondary N) is 2. The molecule has 31 heavy (non-hydrogen) atoms. The number of aromatic amines is 2. The number of likely N-dealkylation sites (tertiary alicyclic amines) is 1. The summed E-state index contributed by atoms with van der Waals surface area (Å²) in [6, 6.07) is 9.90. The van der Waals surface area contributed by atoms with Crippen molar-refractivity contribution in [3.63, 3.8) is 0 Å². The van der Waals surface area contributed by atoms with Crippen LogP contribution in [-0.2, 0) is 6.18 Å². The minimum Gasteiger partial charge on any atom is -0.357 e. The Morgan fingerprint density at radius 2 is 1.87 bits per heavy atom. The lowest BCUT2D eigenvalue weighted by molar-refractivity contribution is -0.140. The average Bonchev–Trinajstić information content (AvgIpc) is 3.35. The van der Waals surface area contributed by atoms with Gasteiger partial charge >= 0.3 is 6.18 Å². The SMILES string of the molecule is O=C(c1cc2cc(F)ccc2[nH]1)N1CCC[C@@H](c2cc3nc(C(F)(F)F)ccc3[nH]2)C1. The number of halogens is 4. The van der Waals surface area contributed by atoms with Crippen LogP contribution >= 0.6 is 0 Å². The molecular weight excluding hydrogens is 412 g/mol. The highest BCUT2D eigenvalue weighted by molar-refractivity contribution is 5.98. The number of benzene rings is 1. The number of nitrogens with zero attached hydrogens (tertiary/aromatic N) is 2. The Morgan fingerprint density at radius 1 is 1.06 bits per heavy atom. The van der Waals surface area contributed by atoms with Crippen molar-refractivity contribution < 1.29 is 22.4 Å². The predicted octanol–water partition coefficient (Wildman–Crippen LogP) is 5.22. The van der Waals surface area contributed by atoms with Crippen molar-refractivity contribution in [2.24, 2.45) is 0 Å². The van der Waals surface area contributed by atoms with Gasteiger partial charge in [-0.15, -0.1) is 0 Å². The van der Waals surface area contributed by atoms with Gasteiger partial charge < -0.3 is 14.9 Å². The van der Waals surface area contributed by atoms with E-state index in [4.69, 9.17) is 0 Å². The van der Waals surface area contributed by atoms with Crippen LogP contribution in [0.1, 0.15) is 40.6 Å². The fourth-order valence-electron chi connectivity index (χ4n) is 4.21. The lowest BCUT2D eigenvalue weighted by atomic mass is 9.94. The van der Waals surface area contributed by atoms with Crippen LogP contribution in [0.5, 0.6) is 0 Å². The van der Waals surface area contributed by atoms with Crippen molar-refractivity contribution in [2.45, 2.75) is 24.9 Å². The van der Waals surface area contributed by atoms with Gasteiger partial charge in [0.1, 0.15) is 17.2 Å². The van der Waals surface area contributed by atoms with Gasteiger partial charge in [-0.2, -0.15) is 13.2 Å². The summed E-state index contributed by atoms with van der Waals surface area (Å²) in [5.41, 5.74) is 1.68. The van der Waals surface area contributed by atoms with E-state index in [1.54, 1.807) is 23.1 Å². The van der Waals surface area contributed by atoms with Gasteiger partial charge in [-0.25, -0.2) is 9.37 Å². The number of rotatable bonds is 2. The van der Waals surface area contributed by atoms with Crippen LogP contribution in [0.2, 0.25) is 0 Å². The van der Waals surface area contributed by atoms with Crippen molar-refractivity contribution in [2.75, 3.05) is 13.1 Å². The summed E-state index contributed by atoms with van der Waals surface area (Å²) in [5.74, 6) is -0.595. The van der Waals surface area contributed by atoms with Crippen molar-refractivity contribution in [1.29, 1.82) is 0 Å². The standard InChI is InChI=1S/C22H18F4N4O/c23-14-3-4-15-13(8-14)9-19(27-15)21(31)30-7-1-2-12(11-30)17-10-18-16(28-17)5-6-20(29-18)22(24,25)26/h3-6,8-10,12,27-28H,1-2,7,11H2/t12-/m1/s1. The Labute approximate surface area is 174 Å². The van der Waals surface area contributed by atoms with Crippen molar-refractivity contribution >= 4 is 27.8 Å². The van der Waals surface area contributed by atoms with Crippen LogP contribution in [0.25, 0.3) is 21.9 Å². The molecule has 1 saturated heterocycles. The molecule has 0 radical (unpaired) electrons. The molecule has 4 heterocycles. The van der Waals surface area contributed by atoms with Crippen LogP contribution in [-0.4, -0.2) is 38.8 Å². The molecule has 1 aliphatic rings. The van der Waals surface area contributed by atoms with E-state index in [1.807, 2.05) is 0 Å². The number of carbonyl (C=O) groups is 1. The molecule has 3 aromatic heterocycles. The molecule has 1 atom stereocenters. The van der Waals surface area contributed by atoms with Crippen LogP contribution in [0.3, 0.4) is 0 Å². The van der Waals surface area contributed by atoms with E-state index >= 15 is 0 Å². The minimum absolute atomic E-state index is 0.0388. The van der Waals surface area contributed by atoms with Gasteiger partial charge in [-0.3, -0.25) is 4.79 Å². The Bertz CT molecular complexity index is 1290. The van der Waals surface area contributed by atoms with Gasteiger partial charge in [0.15, 0.2) is 0 Å². The van der Waals surface area contributed by atoms with E-state index in [-0.39, 0.29) is 23.2 Å². The zero-order chi connectivity index (χ0) is 21.8. The van der Waals surface area contributed by atoms with Crippen LogP contribution < -0.4 is 0 Å². The molecular formula is C22H18F4N4O. The smallest absolute Gasteiger partial charge is 0.357 e. The van der Waals surface area contributed by atoms with Crippen molar-refractivity contribution in [1.82, 2.24) is 19.9 Å². The Balaban J connectivity index is 1.38. The molecule has 0 bridgehead atoms. The quantitative estimate of drug-likeness (QED) is 0.428. The molecule has 0 saturated carbocycles. The summed E-state index contributed by atoms with van der Waals surface area (Å²) in [5, 5.41) is 0.624. The zero-order valence-electron chi connectivity index (χ0n) is 16.3. The maximum atomic E-state index is 13.4. The van der Waals surface area contributed by atoms with Crippen LogP contribution in [0.15, 0.2) is 42.5 Å². The highest BCUT2D eigenvalue weighted by atomic mass is 19.4. The first kappa shape index (κ1) is 19.6. The molecule has 1 fully saturated rings. The zero-order valence-corrected chi connectivity index (χ0v) is 16.3. The second kappa shape index (κ2) is 7.11. The molecule has 1 amide bonds. The molecule has 4 aromatic rings. The van der Waals surface area contributed by atoms with E-state index in [1.165, 1.54) is 18.2 Å². The molecule has 0 unspecified atom stereocenters. The maximum absolute atomic E-state index is 13.4. The Morgan fingerprint density at radius 3 is 2.68 bits per heavy atom. The third-order valence-electron chi connectivity index (χ3n) is 5.75. The lowest BCUT2D eigenvalue weighted by Crippen LogP contribution is -2.39. The van der Waals surface area contributed by atoms with E-state index in [2.05, 4.69) is 15.0 Å². The summed E-state index contributed by atoms with van der Waals surface area (Å²) >= 11 is 0. The number of pyridine rings is 1. The van der Waals surface area contributed by atoms with Crippen molar-refractivity contribution in [3.8, 4) is 0 Å². The van der Waals surface area contributed by atoms with E-state index in [0.717, 1.165) is 24.6 Å². The van der Waals surface area contributed by atoms with E-state index in [0.29, 0.717) is 35.2 Å². The summed E-state index contributed by atoms with van der Waals surface area (Å²) in [4.78, 5) is 24.6. The monoisotopic (exact) mass is 430 g/mol. The lowest BCUT2D eigenvalue weighted by Gasteiger charge is -2.32. The highest BCUT2D eigenvalue weighted by Gasteiger charge is 2.33. The van der Waals surface area contributed by atoms with Gasteiger partial charge in [-0.05, 0) is 55.3 Å². The number of fused-ring (bicyclic) bond motifs is 2. The van der Waals surface area contributed by atoms with Gasteiger partial charge in [0, 0.05) is 35.6 Å². The number of H-pyrrole nitrogens is 2. The van der Waals surface area contributed by atoms with Gasteiger partial charge in [-0.1, -0.05) is 0 Å². The molecule has 1 aromatic carbocycles. The van der Waals surface area contributed by atoms with Gasteiger partial charge in [0.05, 0.1) is 11.0 Å². The van der Waals surface area contributed by atoms with E-state index in [9.17, 15) is 22.4 Å². The summed E-state index contributed by atoms with van der Waals surface area (Å²) < 4.78 is 52.2. The molecule has 0 aliphatic carbocycles. The number of carbonyl (C=O) groups excluding carboxylic acids is 1. The fraction of sp³-hybridized carbons (Fsp3) is 0.273. The molecule has 5 rings (SSSR count). The molecule has 2 N–H and O–H groups in total. The summed E-state index contributed by atoms with van der Waals surface area (Å²) in [6.45, 7) is 1.01. The fourth-order valence-corrected chi connectivity index (χ4v) is 4.21. The number of amides is 1.